The van der Waals surface area contributed by atoms with Crippen LogP contribution in [0.25, 0.3) is 0 Å². The second kappa shape index (κ2) is 8.48. The molecular formula is C15H23NO2S. The van der Waals surface area contributed by atoms with E-state index in [0.29, 0.717) is 19.8 Å². The van der Waals surface area contributed by atoms with Crippen molar-refractivity contribution in [2.75, 3.05) is 19.7 Å². The molecule has 0 saturated heterocycles. The molecule has 19 heavy (non-hydrogen) atoms. The van der Waals surface area contributed by atoms with Gasteiger partial charge in [-0.2, -0.15) is 0 Å². The normalized spacial score (nSPS) is 16.6. The van der Waals surface area contributed by atoms with E-state index in [1.807, 2.05) is 17.5 Å². The Balaban J connectivity index is 1.46. The molecule has 4 heteroatoms. The van der Waals surface area contributed by atoms with Crippen molar-refractivity contribution in [3.63, 3.8) is 0 Å². The highest BCUT2D eigenvalue weighted by atomic mass is 32.1. The molecule has 2 N–H and O–H groups in total. The Labute approximate surface area is 119 Å². The molecule has 0 amide bonds. The molecule has 1 aliphatic carbocycles. The summed E-state index contributed by atoms with van der Waals surface area (Å²) in [4.78, 5) is 1.20. The molecule has 1 aromatic heterocycles. The number of hydrogen-bond donors (Lipinski definition) is 2. The summed E-state index contributed by atoms with van der Waals surface area (Å²) in [5, 5.41) is 15.1. The molecule has 2 rings (SSSR count). The van der Waals surface area contributed by atoms with Crippen LogP contribution in [-0.4, -0.2) is 30.9 Å². The lowest BCUT2D eigenvalue weighted by molar-refractivity contribution is 0.0300. The maximum atomic E-state index is 9.77. The molecule has 1 aliphatic rings. The van der Waals surface area contributed by atoms with E-state index in [4.69, 9.17) is 4.74 Å². The lowest BCUT2D eigenvalue weighted by Crippen LogP contribution is -2.31. The van der Waals surface area contributed by atoms with Gasteiger partial charge in [0.1, 0.15) is 0 Å². The third-order valence-electron chi connectivity index (χ3n) is 3.27. The smallest absolute Gasteiger partial charge is 0.0897 e. The highest BCUT2D eigenvalue weighted by Crippen LogP contribution is 2.19. The van der Waals surface area contributed by atoms with Crippen LogP contribution in [0.2, 0.25) is 0 Å². The molecule has 1 atom stereocenters. The Bertz CT molecular complexity index is 376. The van der Waals surface area contributed by atoms with Gasteiger partial charge < -0.3 is 15.2 Å². The minimum absolute atomic E-state index is 0.396. The first-order chi connectivity index (χ1) is 9.34. The standard InChI is InChI=1S/C15H23NO2S/c17-14(11-18-12-15-6-3-9-19-15)10-16-8-7-13-4-1-2-5-13/h3-4,6,9,14,16-17H,1-2,5,7-8,10-12H2. The summed E-state index contributed by atoms with van der Waals surface area (Å²) in [7, 11) is 0. The summed E-state index contributed by atoms with van der Waals surface area (Å²) >= 11 is 1.68. The lowest BCUT2D eigenvalue weighted by Gasteiger charge is -2.12. The van der Waals surface area contributed by atoms with E-state index in [9.17, 15) is 5.11 Å². The summed E-state index contributed by atoms with van der Waals surface area (Å²) in [5.74, 6) is 0. The minimum atomic E-state index is -0.419. The first-order valence-electron chi connectivity index (χ1n) is 7.01. The summed E-state index contributed by atoms with van der Waals surface area (Å²) < 4.78 is 5.48. The van der Waals surface area contributed by atoms with Gasteiger partial charge in [-0.1, -0.05) is 17.7 Å². The van der Waals surface area contributed by atoms with Crippen LogP contribution in [0.3, 0.4) is 0 Å². The molecule has 1 heterocycles. The molecule has 0 saturated carbocycles. The highest BCUT2D eigenvalue weighted by molar-refractivity contribution is 7.09. The summed E-state index contributed by atoms with van der Waals surface area (Å²) in [5.41, 5.74) is 1.57. The van der Waals surface area contributed by atoms with Crippen LogP contribution in [0.1, 0.15) is 30.6 Å². The third-order valence-corrected chi connectivity index (χ3v) is 4.12. The number of hydrogen-bond acceptors (Lipinski definition) is 4. The molecule has 0 fully saturated rings. The van der Waals surface area contributed by atoms with Gasteiger partial charge in [0.25, 0.3) is 0 Å². The summed E-state index contributed by atoms with van der Waals surface area (Å²) in [6.45, 7) is 2.56. The fourth-order valence-corrected chi connectivity index (χ4v) is 2.87. The number of thiophene rings is 1. The van der Waals surface area contributed by atoms with Crippen LogP contribution in [0.4, 0.5) is 0 Å². The zero-order valence-electron chi connectivity index (χ0n) is 11.3. The largest absolute Gasteiger partial charge is 0.389 e. The Morgan fingerprint density at radius 1 is 1.47 bits per heavy atom. The maximum Gasteiger partial charge on any atom is 0.0897 e. The fourth-order valence-electron chi connectivity index (χ4n) is 2.23. The monoisotopic (exact) mass is 281 g/mol. The van der Waals surface area contributed by atoms with Crippen LogP contribution in [0.15, 0.2) is 29.2 Å². The number of ether oxygens (including phenoxy) is 1. The zero-order valence-corrected chi connectivity index (χ0v) is 12.1. The first-order valence-corrected chi connectivity index (χ1v) is 7.89. The van der Waals surface area contributed by atoms with Gasteiger partial charge in [-0.3, -0.25) is 0 Å². The van der Waals surface area contributed by atoms with Crippen LogP contribution in [-0.2, 0) is 11.3 Å². The Hall–Kier alpha value is -0.680. The van der Waals surface area contributed by atoms with Crippen molar-refractivity contribution in [3.05, 3.63) is 34.0 Å². The molecule has 0 bridgehead atoms. The zero-order chi connectivity index (χ0) is 13.3. The van der Waals surface area contributed by atoms with E-state index in [-0.39, 0.29) is 0 Å². The number of rotatable bonds is 9. The predicted molar refractivity (Wildman–Crippen MR) is 79.4 cm³/mol. The van der Waals surface area contributed by atoms with Crippen molar-refractivity contribution < 1.29 is 9.84 Å². The number of nitrogens with one attached hydrogen (secondary N) is 1. The van der Waals surface area contributed by atoms with Crippen molar-refractivity contribution in [2.45, 2.75) is 38.4 Å². The quantitative estimate of drug-likeness (QED) is 0.540. The van der Waals surface area contributed by atoms with Crippen LogP contribution < -0.4 is 5.32 Å². The maximum absolute atomic E-state index is 9.77. The van der Waals surface area contributed by atoms with Crippen molar-refractivity contribution in [2.24, 2.45) is 0 Å². The van der Waals surface area contributed by atoms with E-state index in [0.717, 1.165) is 13.0 Å². The average molecular weight is 281 g/mol. The van der Waals surface area contributed by atoms with Gasteiger partial charge >= 0.3 is 0 Å². The van der Waals surface area contributed by atoms with E-state index < -0.39 is 6.10 Å². The molecule has 3 nitrogen and oxygen atoms in total. The topological polar surface area (TPSA) is 41.5 Å². The molecule has 0 aromatic carbocycles. The van der Waals surface area contributed by atoms with E-state index >= 15 is 0 Å². The molecule has 1 unspecified atom stereocenters. The predicted octanol–water partition coefficient (Wildman–Crippen LogP) is 2.72. The summed E-state index contributed by atoms with van der Waals surface area (Å²) in [6.07, 6.45) is 6.86. The second-order valence-electron chi connectivity index (χ2n) is 4.96. The lowest BCUT2D eigenvalue weighted by atomic mass is 10.2. The van der Waals surface area contributed by atoms with Gasteiger partial charge in [0.05, 0.1) is 19.3 Å². The van der Waals surface area contributed by atoms with Gasteiger partial charge in [-0.25, -0.2) is 0 Å². The van der Waals surface area contributed by atoms with Gasteiger partial charge in [0, 0.05) is 11.4 Å². The van der Waals surface area contributed by atoms with Crippen LogP contribution in [0.5, 0.6) is 0 Å². The van der Waals surface area contributed by atoms with Crippen molar-refractivity contribution in [1.29, 1.82) is 0 Å². The van der Waals surface area contributed by atoms with Crippen molar-refractivity contribution in [3.8, 4) is 0 Å². The Kier molecular flexibility index (Phi) is 6.57. The third kappa shape index (κ3) is 5.87. The van der Waals surface area contributed by atoms with Gasteiger partial charge in [0.2, 0.25) is 0 Å². The first kappa shape index (κ1) is 14.7. The van der Waals surface area contributed by atoms with Crippen LogP contribution >= 0.6 is 11.3 Å². The van der Waals surface area contributed by atoms with Gasteiger partial charge in [-0.05, 0) is 43.7 Å². The summed E-state index contributed by atoms with van der Waals surface area (Å²) in [6, 6.07) is 4.06. The average Bonchev–Trinajstić information content (AvgIpc) is 3.07. The van der Waals surface area contributed by atoms with E-state index in [2.05, 4.69) is 11.4 Å². The van der Waals surface area contributed by atoms with Crippen molar-refractivity contribution in [1.82, 2.24) is 5.32 Å². The van der Waals surface area contributed by atoms with Gasteiger partial charge in [0.15, 0.2) is 0 Å². The molecule has 106 valence electrons. The fraction of sp³-hybridized carbons (Fsp3) is 0.600. The van der Waals surface area contributed by atoms with Crippen molar-refractivity contribution >= 4 is 11.3 Å². The minimum Gasteiger partial charge on any atom is -0.389 e. The number of allylic oxidation sites excluding steroid dienone is 1. The number of aliphatic hydroxyl groups excluding tert-OH is 1. The molecule has 1 aromatic rings. The van der Waals surface area contributed by atoms with E-state index in [1.54, 1.807) is 16.9 Å². The van der Waals surface area contributed by atoms with E-state index in [1.165, 1.54) is 24.1 Å². The Morgan fingerprint density at radius 3 is 3.16 bits per heavy atom. The molecule has 0 spiro atoms. The highest BCUT2D eigenvalue weighted by Gasteiger charge is 2.06. The van der Waals surface area contributed by atoms with Gasteiger partial charge in [-0.15, -0.1) is 11.3 Å². The number of aliphatic hydroxyl groups is 1. The van der Waals surface area contributed by atoms with Crippen LogP contribution in [0, 0.1) is 0 Å². The molecule has 0 radical (unpaired) electrons. The SMILES string of the molecule is OC(CNCCC1=CCCC1)COCc1cccs1. The molecule has 0 aliphatic heterocycles. The molecular weight excluding hydrogens is 258 g/mol. The second-order valence-corrected chi connectivity index (χ2v) is 5.99. The Morgan fingerprint density at radius 2 is 2.42 bits per heavy atom.